The lowest BCUT2D eigenvalue weighted by Gasteiger charge is -2.29. The molecule has 8 heteroatoms. The van der Waals surface area contributed by atoms with Gasteiger partial charge in [0, 0.05) is 31.2 Å². The number of ether oxygens (including phenoxy) is 1. The molecular weight excluding hydrogens is 352 g/mol. The third-order valence-electron chi connectivity index (χ3n) is 3.42. The number of aryl methyl sites for hydroxylation is 1. The zero-order chi connectivity index (χ0) is 20.1. The highest BCUT2D eigenvalue weighted by molar-refractivity contribution is 7.90. The summed E-state index contributed by atoms with van der Waals surface area (Å²) in [6, 6.07) is -0.284. The van der Waals surface area contributed by atoms with Crippen LogP contribution in [0, 0.1) is 6.92 Å². The number of nitrogens with one attached hydrogen (secondary N) is 1. The monoisotopic (exact) mass is 384 g/mol. The summed E-state index contributed by atoms with van der Waals surface area (Å²) in [7, 11) is 1.69. The van der Waals surface area contributed by atoms with E-state index in [1.807, 2.05) is 48.5 Å². The lowest BCUT2D eigenvalue weighted by Crippen LogP contribution is -2.43. The molecule has 2 atom stereocenters. The first-order valence-corrected chi connectivity index (χ1v) is 9.85. The number of hydrogen-bond acceptors (Lipinski definition) is 6. The van der Waals surface area contributed by atoms with E-state index in [0.29, 0.717) is 18.7 Å². The number of aromatic nitrogens is 2. The molecule has 0 spiro atoms. The van der Waals surface area contributed by atoms with Gasteiger partial charge in [0.2, 0.25) is 0 Å². The van der Waals surface area contributed by atoms with Crippen LogP contribution in [0.1, 0.15) is 65.4 Å². The van der Waals surface area contributed by atoms with Gasteiger partial charge in [0.25, 0.3) is 0 Å². The molecule has 148 valence electrons. The topological polar surface area (TPSA) is 90.4 Å². The van der Waals surface area contributed by atoms with Crippen molar-refractivity contribution in [1.82, 2.24) is 19.6 Å². The molecule has 1 N–H and O–H groups in total. The Kier molecular flexibility index (Phi) is 7.85. The second kappa shape index (κ2) is 9.01. The summed E-state index contributed by atoms with van der Waals surface area (Å²) in [6.45, 7) is 13.5. The highest BCUT2D eigenvalue weighted by Gasteiger charge is 2.31. The minimum Gasteiger partial charge on any atom is -0.598 e. The molecule has 1 aromatic rings. The molecule has 2 unspecified atom stereocenters. The molecule has 1 amide bonds. The van der Waals surface area contributed by atoms with E-state index in [9.17, 15) is 9.35 Å². The van der Waals surface area contributed by atoms with Crippen LogP contribution in [-0.2, 0) is 16.1 Å². The van der Waals surface area contributed by atoms with Crippen LogP contribution in [0.4, 0.5) is 4.79 Å². The molecule has 0 saturated heterocycles. The van der Waals surface area contributed by atoms with E-state index in [4.69, 9.17) is 4.74 Å². The predicted molar refractivity (Wildman–Crippen MR) is 104 cm³/mol. The summed E-state index contributed by atoms with van der Waals surface area (Å²) in [5.74, 6) is 0. The largest absolute Gasteiger partial charge is 0.598 e. The van der Waals surface area contributed by atoms with Crippen molar-refractivity contribution in [3.05, 3.63) is 23.8 Å². The van der Waals surface area contributed by atoms with Crippen LogP contribution >= 0.6 is 0 Å². The fourth-order valence-electron chi connectivity index (χ4n) is 1.91. The maximum atomic E-state index is 12.5. The standard InChI is InChI=1S/C18H32N4O3S/c1-13-11-20-15(12-19-13)14(21-26(24)18(5,6)7)9-10-22(8)16(23)25-17(2,3)4/h11-12,14,21H,9-10H2,1-8H3. The SMILES string of the molecule is Cc1cnc(C(CCN(C)C(=O)OC(C)(C)C)N[S+]([O-])C(C)(C)C)cn1. The number of rotatable bonds is 6. The molecule has 1 heterocycles. The van der Waals surface area contributed by atoms with Gasteiger partial charge in [-0.2, -0.15) is 0 Å². The molecule has 0 fully saturated rings. The molecule has 0 aliphatic heterocycles. The highest BCUT2D eigenvalue weighted by atomic mass is 32.2. The van der Waals surface area contributed by atoms with Gasteiger partial charge in [-0.1, -0.05) is 0 Å². The summed E-state index contributed by atoms with van der Waals surface area (Å²) in [6.07, 6.45) is 3.51. The van der Waals surface area contributed by atoms with Gasteiger partial charge in [-0.05, 0) is 54.9 Å². The predicted octanol–water partition coefficient (Wildman–Crippen LogP) is 3.13. The van der Waals surface area contributed by atoms with Gasteiger partial charge in [-0.25, -0.2) is 4.79 Å². The number of carbonyl (C=O) groups excluding carboxylic acids is 1. The Labute approximate surface area is 160 Å². The zero-order valence-electron chi connectivity index (χ0n) is 17.1. The highest BCUT2D eigenvalue weighted by Crippen LogP contribution is 2.21. The number of amides is 1. The molecular formula is C18H32N4O3S. The Hall–Kier alpha value is -1.38. The zero-order valence-corrected chi connectivity index (χ0v) is 17.9. The van der Waals surface area contributed by atoms with Gasteiger partial charge in [0.05, 0.1) is 23.6 Å². The van der Waals surface area contributed by atoms with E-state index in [1.54, 1.807) is 19.4 Å². The van der Waals surface area contributed by atoms with Crippen LogP contribution in [0.25, 0.3) is 0 Å². The molecule has 0 saturated carbocycles. The van der Waals surface area contributed by atoms with Gasteiger partial charge < -0.3 is 14.2 Å². The Morgan fingerprint density at radius 1 is 1.27 bits per heavy atom. The molecule has 26 heavy (non-hydrogen) atoms. The molecule has 1 aromatic heterocycles. The third kappa shape index (κ3) is 7.88. The quantitative estimate of drug-likeness (QED) is 0.758. The number of carbonyl (C=O) groups is 1. The Balaban J connectivity index is 2.82. The van der Waals surface area contributed by atoms with E-state index in [2.05, 4.69) is 14.7 Å². The van der Waals surface area contributed by atoms with Crippen molar-refractivity contribution in [2.75, 3.05) is 13.6 Å². The smallest absolute Gasteiger partial charge is 0.410 e. The van der Waals surface area contributed by atoms with E-state index in [0.717, 1.165) is 5.69 Å². The van der Waals surface area contributed by atoms with Gasteiger partial charge >= 0.3 is 6.09 Å². The minimum absolute atomic E-state index is 0.284. The lowest BCUT2D eigenvalue weighted by atomic mass is 10.1. The normalized spacial score (nSPS) is 14.7. The van der Waals surface area contributed by atoms with E-state index < -0.39 is 21.7 Å². The van der Waals surface area contributed by atoms with Crippen molar-refractivity contribution >= 4 is 17.5 Å². The second-order valence-electron chi connectivity index (χ2n) is 8.32. The van der Waals surface area contributed by atoms with Crippen molar-refractivity contribution < 1.29 is 14.1 Å². The van der Waals surface area contributed by atoms with Crippen LogP contribution in [0.3, 0.4) is 0 Å². The first-order valence-electron chi connectivity index (χ1n) is 8.70. The van der Waals surface area contributed by atoms with Gasteiger partial charge in [0.1, 0.15) is 10.3 Å². The third-order valence-corrected chi connectivity index (χ3v) is 5.03. The molecule has 1 rings (SSSR count). The van der Waals surface area contributed by atoms with E-state index in [1.165, 1.54) is 4.90 Å². The molecule has 7 nitrogen and oxygen atoms in total. The maximum absolute atomic E-state index is 12.5. The van der Waals surface area contributed by atoms with Gasteiger partial charge in [0.15, 0.2) is 0 Å². The Morgan fingerprint density at radius 2 is 1.88 bits per heavy atom. The van der Waals surface area contributed by atoms with E-state index >= 15 is 0 Å². The van der Waals surface area contributed by atoms with E-state index in [-0.39, 0.29) is 12.1 Å². The first-order chi connectivity index (χ1) is 11.8. The Bertz CT molecular complexity index is 582. The van der Waals surface area contributed by atoms with Crippen LogP contribution in [0.15, 0.2) is 12.4 Å². The maximum Gasteiger partial charge on any atom is 0.410 e. The fourth-order valence-corrected chi connectivity index (χ4v) is 2.76. The van der Waals surface area contributed by atoms with Crippen molar-refractivity contribution in [2.24, 2.45) is 0 Å². The number of nitrogens with zero attached hydrogens (tertiary/aromatic N) is 3. The summed E-state index contributed by atoms with van der Waals surface area (Å²) in [5.41, 5.74) is 0.972. The second-order valence-corrected chi connectivity index (χ2v) is 10.3. The molecule has 0 aromatic carbocycles. The van der Waals surface area contributed by atoms with Gasteiger partial charge in [-0.15, -0.1) is 4.72 Å². The average molecular weight is 385 g/mol. The summed E-state index contributed by atoms with van der Waals surface area (Å²) in [5, 5.41) is 0. The van der Waals surface area contributed by atoms with Crippen LogP contribution in [0.5, 0.6) is 0 Å². The van der Waals surface area contributed by atoms with Gasteiger partial charge in [-0.3, -0.25) is 9.97 Å². The summed E-state index contributed by atoms with van der Waals surface area (Å²) >= 11 is -1.27. The van der Waals surface area contributed by atoms with Crippen molar-refractivity contribution in [3.63, 3.8) is 0 Å². The fraction of sp³-hybridized carbons (Fsp3) is 0.722. The molecule has 0 aliphatic rings. The summed E-state index contributed by atoms with van der Waals surface area (Å²) in [4.78, 5) is 22.3. The average Bonchev–Trinajstić information content (AvgIpc) is 2.49. The Morgan fingerprint density at radius 3 is 2.35 bits per heavy atom. The van der Waals surface area contributed by atoms with Crippen LogP contribution in [-0.4, -0.2) is 49.5 Å². The summed E-state index contributed by atoms with van der Waals surface area (Å²) < 4.78 is 20.6. The molecule has 0 radical (unpaired) electrons. The first kappa shape index (κ1) is 22.7. The van der Waals surface area contributed by atoms with Crippen LogP contribution < -0.4 is 4.72 Å². The number of hydrogen-bond donors (Lipinski definition) is 1. The van der Waals surface area contributed by atoms with Crippen molar-refractivity contribution in [2.45, 2.75) is 71.3 Å². The molecule has 0 bridgehead atoms. The lowest BCUT2D eigenvalue weighted by molar-refractivity contribution is 0.0293. The molecule has 0 aliphatic carbocycles. The van der Waals surface area contributed by atoms with Crippen molar-refractivity contribution in [3.8, 4) is 0 Å². The van der Waals surface area contributed by atoms with Crippen molar-refractivity contribution in [1.29, 1.82) is 0 Å². The minimum atomic E-state index is -1.27. The van der Waals surface area contributed by atoms with Crippen LogP contribution in [0.2, 0.25) is 0 Å².